The van der Waals surface area contributed by atoms with Crippen LogP contribution in [-0.4, -0.2) is 27.3 Å². The summed E-state index contributed by atoms with van der Waals surface area (Å²) in [5.41, 5.74) is 0. The molecule has 96 valence electrons. The Morgan fingerprint density at radius 1 is 1.47 bits per heavy atom. The van der Waals surface area contributed by atoms with Crippen LogP contribution in [0.3, 0.4) is 0 Å². The summed E-state index contributed by atoms with van der Waals surface area (Å²) in [5, 5.41) is 5.00. The zero-order chi connectivity index (χ0) is 12.3. The predicted octanol–water partition coefficient (Wildman–Crippen LogP) is 2.30. The second-order valence-electron chi connectivity index (χ2n) is 4.65. The van der Waals surface area contributed by atoms with Crippen LogP contribution in [-0.2, 0) is 9.84 Å². The predicted molar refractivity (Wildman–Crippen MR) is 71.2 cm³/mol. The van der Waals surface area contributed by atoms with Crippen molar-refractivity contribution in [1.82, 2.24) is 5.32 Å². The normalized spacial score (nSPS) is 19.6. The van der Waals surface area contributed by atoms with E-state index in [2.05, 4.69) is 5.32 Å². The Balaban J connectivity index is 2.08. The first kappa shape index (κ1) is 13.1. The van der Waals surface area contributed by atoms with Crippen molar-refractivity contribution in [3.8, 4) is 0 Å². The highest BCUT2D eigenvalue weighted by Gasteiger charge is 2.29. The fraction of sp³-hybridized carbons (Fsp3) is 0.667. The van der Waals surface area contributed by atoms with Gasteiger partial charge < -0.3 is 5.32 Å². The minimum atomic E-state index is -3.11. The SMILES string of the molecule is CNC(CS(=O)(=O)c1cccs1)C1CCCC1. The molecule has 2 rings (SSSR count). The number of hydrogen-bond donors (Lipinski definition) is 1. The summed E-state index contributed by atoms with van der Waals surface area (Å²) >= 11 is 1.31. The van der Waals surface area contributed by atoms with Crippen LogP contribution >= 0.6 is 11.3 Å². The van der Waals surface area contributed by atoms with Gasteiger partial charge in [0.05, 0.1) is 5.75 Å². The molecule has 1 atom stereocenters. The Bertz CT molecular complexity index is 433. The van der Waals surface area contributed by atoms with Gasteiger partial charge in [0.2, 0.25) is 0 Å². The largest absolute Gasteiger partial charge is 0.316 e. The maximum absolute atomic E-state index is 12.2. The molecule has 5 heteroatoms. The fourth-order valence-electron chi connectivity index (χ4n) is 2.57. The number of hydrogen-bond acceptors (Lipinski definition) is 4. The Kier molecular flexibility index (Phi) is 4.22. The Morgan fingerprint density at radius 2 is 2.18 bits per heavy atom. The molecule has 3 nitrogen and oxygen atoms in total. The first-order chi connectivity index (χ1) is 8.13. The maximum atomic E-state index is 12.2. The number of sulfone groups is 1. The summed E-state index contributed by atoms with van der Waals surface area (Å²) in [6, 6.07) is 3.59. The van der Waals surface area contributed by atoms with Crippen molar-refractivity contribution in [3.05, 3.63) is 17.5 Å². The lowest BCUT2D eigenvalue weighted by Gasteiger charge is -2.22. The average Bonchev–Trinajstić information content (AvgIpc) is 2.97. The van der Waals surface area contributed by atoms with Gasteiger partial charge in [0.15, 0.2) is 9.84 Å². The lowest BCUT2D eigenvalue weighted by molar-refractivity contribution is 0.404. The lowest BCUT2D eigenvalue weighted by Crippen LogP contribution is -2.38. The molecule has 0 aliphatic heterocycles. The molecule has 1 aromatic heterocycles. The van der Waals surface area contributed by atoms with Gasteiger partial charge in [0.1, 0.15) is 4.21 Å². The molecule has 0 bridgehead atoms. The van der Waals surface area contributed by atoms with Gasteiger partial charge in [-0.25, -0.2) is 8.42 Å². The first-order valence-corrected chi connectivity index (χ1v) is 8.60. The van der Waals surface area contributed by atoms with Crippen molar-refractivity contribution in [1.29, 1.82) is 0 Å². The van der Waals surface area contributed by atoms with Crippen LogP contribution in [0.2, 0.25) is 0 Å². The van der Waals surface area contributed by atoms with Crippen molar-refractivity contribution < 1.29 is 8.42 Å². The van der Waals surface area contributed by atoms with Crippen molar-refractivity contribution >= 4 is 21.2 Å². The average molecular weight is 273 g/mol. The van der Waals surface area contributed by atoms with Crippen molar-refractivity contribution in [3.63, 3.8) is 0 Å². The lowest BCUT2D eigenvalue weighted by atomic mass is 10.0. The summed E-state index contributed by atoms with van der Waals surface area (Å²) in [4.78, 5) is 0. The highest BCUT2D eigenvalue weighted by molar-refractivity contribution is 7.93. The zero-order valence-corrected chi connectivity index (χ0v) is 11.7. The molecule has 0 amide bonds. The molecule has 17 heavy (non-hydrogen) atoms. The van der Waals surface area contributed by atoms with E-state index in [1.54, 1.807) is 12.1 Å². The first-order valence-electron chi connectivity index (χ1n) is 6.07. The second kappa shape index (κ2) is 5.50. The van der Waals surface area contributed by atoms with Crippen LogP contribution in [0.15, 0.2) is 21.7 Å². The van der Waals surface area contributed by atoms with E-state index in [0.717, 1.165) is 12.8 Å². The summed E-state index contributed by atoms with van der Waals surface area (Å²) in [6.07, 6.45) is 4.79. The summed E-state index contributed by atoms with van der Waals surface area (Å²) in [7, 11) is -1.24. The van der Waals surface area contributed by atoms with Crippen LogP contribution in [0.25, 0.3) is 0 Å². The van der Waals surface area contributed by atoms with E-state index >= 15 is 0 Å². The quantitative estimate of drug-likeness (QED) is 0.895. The summed E-state index contributed by atoms with van der Waals surface area (Å²) < 4.78 is 24.9. The Morgan fingerprint density at radius 3 is 2.71 bits per heavy atom. The molecule has 0 saturated heterocycles. The number of nitrogens with one attached hydrogen (secondary N) is 1. The molecule has 1 N–H and O–H groups in total. The van der Waals surface area contributed by atoms with Crippen LogP contribution in [0.5, 0.6) is 0 Å². The molecule has 1 aliphatic rings. The van der Waals surface area contributed by atoms with E-state index in [4.69, 9.17) is 0 Å². The minimum Gasteiger partial charge on any atom is -0.316 e. The van der Waals surface area contributed by atoms with E-state index in [0.29, 0.717) is 10.1 Å². The highest BCUT2D eigenvalue weighted by atomic mass is 32.2. The third-order valence-corrected chi connectivity index (χ3v) is 6.80. The molecule has 0 radical (unpaired) electrons. The topological polar surface area (TPSA) is 46.2 Å². The van der Waals surface area contributed by atoms with Gasteiger partial charge in [-0.1, -0.05) is 18.9 Å². The van der Waals surface area contributed by atoms with E-state index in [9.17, 15) is 8.42 Å². The molecule has 1 aromatic rings. The highest BCUT2D eigenvalue weighted by Crippen LogP contribution is 2.29. The van der Waals surface area contributed by atoms with Crippen LogP contribution in [0.4, 0.5) is 0 Å². The summed E-state index contributed by atoms with van der Waals surface area (Å²) in [6.45, 7) is 0. The van der Waals surface area contributed by atoms with Gasteiger partial charge >= 0.3 is 0 Å². The molecule has 1 aliphatic carbocycles. The molecule has 1 heterocycles. The van der Waals surface area contributed by atoms with Gasteiger partial charge in [0, 0.05) is 6.04 Å². The number of rotatable bonds is 5. The molecule has 0 aromatic carbocycles. The van der Waals surface area contributed by atoms with E-state index in [-0.39, 0.29) is 11.8 Å². The van der Waals surface area contributed by atoms with Gasteiger partial charge in [-0.3, -0.25) is 0 Å². The fourth-order valence-corrected chi connectivity index (χ4v) is 5.34. The van der Waals surface area contributed by atoms with Crippen molar-refractivity contribution in [2.75, 3.05) is 12.8 Å². The van der Waals surface area contributed by atoms with Crippen LogP contribution < -0.4 is 5.32 Å². The third-order valence-electron chi connectivity index (χ3n) is 3.54. The minimum absolute atomic E-state index is 0.101. The zero-order valence-electron chi connectivity index (χ0n) is 10.1. The second-order valence-corrected chi connectivity index (χ2v) is 7.86. The number of thiophene rings is 1. The van der Waals surface area contributed by atoms with Crippen molar-refractivity contribution in [2.24, 2.45) is 5.92 Å². The molecule has 1 fully saturated rings. The summed E-state index contributed by atoms with van der Waals surface area (Å²) in [5.74, 6) is 0.754. The van der Waals surface area contributed by atoms with E-state index < -0.39 is 9.84 Å². The van der Waals surface area contributed by atoms with Crippen LogP contribution in [0, 0.1) is 5.92 Å². The standard InChI is InChI=1S/C12H19NO2S2/c1-13-11(10-5-2-3-6-10)9-17(14,15)12-7-4-8-16-12/h4,7-8,10-11,13H,2-3,5-6,9H2,1H3. The van der Waals surface area contributed by atoms with E-state index in [1.807, 2.05) is 12.4 Å². The molecular formula is C12H19NO2S2. The van der Waals surface area contributed by atoms with E-state index in [1.165, 1.54) is 24.2 Å². The molecule has 1 saturated carbocycles. The van der Waals surface area contributed by atoms with Crippen LogP contribution in [0.1, 0.15) is 25.7 Å². The molecule has 1 unspecified atom stereocenters. The van der Waals surface area contributed by atoms with Gasteiger partial charge in [-0.05, 0) is 37.3 Å². The Hall–Kier alpha value is -0.390. The van der Waals surface area contributed by atoms with Gasteiger partial charge in [0.25, 0.3) is 0 Å². The third kappa shape index (κ3) is 3.09. The van der Waals surface area contributed by atoms with Gasteiger partial charge in [-0.15, -0.1) is 11.3 Å². The smallest absolute Gasteiger partial charge is 0.189 e. The van der Waals surface area contributed by atoms with Crippen molar-refractivity contribution in [2.45, 2.75) is 35.9 Å². The van der Waals surface area contributed by atoms with Gasteiger partial charge in [-0.2, -0.15) is 0 Å². The monoisotopic (exact) mass is 273 g/mol. The maximum Gasteiger partial charge on any atom is 0.189 e. The Labute approximate surface area is 107 Å². The molecule has 0 spiro atoms. The molecular weight excluding hydrogens is 254 g/mol.